The molecule has 0 heterocycles. The Balaban J connectivity index is 1.77. The van der Waals surface area contributed by atoms with Crippen LogP contribution in [0.2, 0.25) is 0 Å². The number of hydrogen-bond donors (Lipinski definition) is 1. The highest BCUT2D eigenvalue weighted by Gasteiger charge is 1.99. The molecule has 4 heteroatoms. The van der Waals surface area contributed by atoms with E-state index < -0.39 is 0 Å². The van der Waals surface area contributed by atoms with Crippen LogP contribution in [0, 0.1) is 5.82 Å². The zero-order chi connectivity index (χ0) is 12.8. The summed E-state index contributed by atoms with van der Waals surface area (Å²) in [6.45, 7) is 0.845. The molecule has 94 valence electrons. The molecule has 0 saturated carbocycles. The first-order valence-electron chi connectivity index (χ1n) is 5.62. The first-order chi connectivity index (χ1) is 8.75. The van der Waals surface area contributed by atoms with Crippen molar-refractivity contribution in [2.75, 3.05) is 17.6 Å². The fourth-order valence-corrected chi connectivity index (χ4v) is 2.66. The maximum absolute atomic E-state index is 13.0. The van der Waals surface area contributed by atoms with Crippen LogP contribution in [-0.4, -0.2) is 12.3 Å². The van der Waals surface area contributed by atoms with Gasteiger partial charge in [-0.3, -0.25) is 0 Å². The third kappa shape index (κ3) is 4.03. The van der Waals surface area contributed by atoms with E-state index in [0.717, 1.165) is 18.0 Å². The van der Waals surface area contributed by atoms with Gasteiger partial charge >= 0.3 is 0 Å². The highest BCUT2D eigenvalue weighted by Crippen LogP contribution is 2.20. The molecule has 0 atom stereocenters. The molecule has 2 aromatic rings. The van der Waals surface area contributed by atoms with E-state index in [4.69, 9.17) is 0 Å². The summed E-state index contributed by atoms with van der Waals surface area (Å²) in [5.74, 6) is 0.734. The van der Waals surface area contributed by atoms with E-state index in [9.17, 15) is 4.39 Å². The minimum atomic E-state index is -0.237. The van der Waals surface area contributed by atoms with Crippen molar-refractivity contribution in [3.8, 4) is 0 Å². The highest BCUT2D eigenvalue weighted by molar-refractivity contribution is 9.10. The van der Waals surface area contributed by atoms with E-state index >= 15 is 0 Å². The lowest BCUT2D eigenvalue weighted by molar-refractivity contribution is 0.621. The summed E-state index contributed by atoms with van der Waals surface area (Å²) in [6.07, 6.45) is 0. The average molecular weight is 326 g/mol. The Labute approximate surface area is 119 Å². The van der Waals surface area contributed by atoms with Crippen molar-refractivity contribution < 1.29 is 4.39 Å². The van der Waals surface area contributed by atoms with Crippen molar-refractivity contribution in [3.05, 3.63) is 58.8 Å². The van der Waals surface area contributed by atoms with Crippen molar-refractivity contribution >= 4 is 33.4 Å². The predicted molar refractivity (Wildman–Crippen MR) is 79.8 cm³/mol. The van der Waals surface area contributed by atoms with E-state index in [0.29, 0.717) is 4.47 Å². The molecule has 1 N–H and O–H groups in total. The Kier molecular flexibility index (Phi) is 5.08. The lowest BCUT2D eigenvalue weighted by Crippen LogP contribution is -2.03. The first kappa shape index (κ1) is 13.4. The number of rotatable bonds is 5. The molecule has 0 saturated heterocycles. The lowest BCUT2D eigenvalue weighted by Gasteiger charge is -2.07. The number of anilines is 1. The molecule has 0 aromatic heterocycles. The lowest BCUT2D eigenvalue weighted by atomic mass is 10.3. The van der Waals surface area contributed by atoms with Gasteiger partial charge in [0.2, 0.25) is 0 Å². The monoisotopic (exact) mass is 325 g/mol. The molecule has 0 aliphatic rings. The molecular formula is C14H13BrFNS. The van der Waals surface area contributed by atoms with Gasteiger partial charge in [-0.2, -0.15) is 0 Å². The van der Waals surface area contributed by atoms with Crippen LogP contribution in [0.25, 0.3) is 0 Å². The van der Waals surface area contributed by atoms with Gasteiger partial charge < -0.3 is 5.32 Å². The van der Waals surface area contributed by atoms with Crippen LogP contribution in [0.5, 0.6) is 0 Å². The Bertz CT molecular complexity index is 504. The Morgan fingerprint density at radius 2 is 1.89 bits per heavy atom. The molecule has 2 aromatic carbocycles. The molecule has 0 spiro atoms. The number of hydrogen-bond acceptors (Lipinski definition) is 2. The standard InChI is InChI=1S/C14H13BrFNS/c15-13-10-11(6-7-14(13)16)17-8-9-18-12-4-2-1-3-5-12/h1-7,10,17H,8-9H2. The van der Waals surface area contributed by atoms with Gasteiger partial charge in [-0.15, -0.1) is 11.8 Å². The van der Waals surface area contributed by atoms with Crippen LogP contribution in [0.1, 0.15) is 0 Å². The smallest absolute Gasteiger partial charge is 0.137 e. The maximum Gasteiger partial charge on any atom is 0.137 e. The van der Waals surface area contributed by atoms with Crippen molar-refractivity contribution in [1.29, 1.82) is 0 Å². The second-order valence-electron chi connectivity index (χ2n) is 3.72. The molecule has 0 amide bonds. The average Bonchev–Trinajstić information content (AvgIpc) is 2.40. The third-order valence-corrected chi connectivity index (χ3v) is 3.98. The van der Waals surface area contributed by atoms with Crippen molar-refractivity contribution in [2.24, 2.45) is 0 Å². The Morgan fingerprint density at radius 3 is 2.61 bits per heavy atom. The number of nitrogens with one attached hydrogen (secondary N) is 1. The van der Waals surface area contributed by atoms with Crippen LogP contribution >= 0.6 is 27.7 Å². The quantitative estimate of drug-likeness (QED) is 0.626. The van der Waals surface area contributed by atoms with Crippen LogP contribution in [-0.2, 0) is 0 Å². The van der Waals surface area contributed by atoms with Gasteiger partial charge in [-0.05, 0) is 46.3 Å². The van der Waals surface area contributed by atoms with Gasteiger partial charge in [0.25, 0.3) is 0 Å². The van der Waals surface area contributed by atoms with Crippen LogP contribution in [0.4, 0.5) is 10.1 Å². The summed E-state index contributed by atoms with van der Waals surface area (Å²) >= 11 is 4.97. The zero-order valence-electron chi connectivity index (χ0n) is 9.70. The van der Waals surface area contributed by atoms with Gasteiger partial charge in [-0.25, -0.2) is 4.39 Å². The summed E-state index contributed by atoms with van der Waals surface area (Å²) in [6, 6.07) is 15.2. The fourth-order valence-electron chi connectivity index (χ4n) is 1.49. The maximum atomic E-state index is 13.0. The van der Waals surface area contributed by atoms with Crippen molar-refractivity contribution in [1.82, 2.24) is 0 Å². The van der Waals surface area contributed by atoms with E-state index in [2.05, 4.69) is 33.4 Å². The van der Waals surface area contributed by atoms with Crippen LogP contribution in [0.3, 0.4) is 0 Å². The van der Waals surface area contributed by atoms with Crippen LogP contribution in [0.15, 0.2) is 57.9 Å². The van der Waals surface area contributed by atoms with Gasteiger partial charge in [0.1, 0.15) is 5.82 Å². The van der Waals surface area contributed by atoms with Gasteiger partial charge in [0, 0.05) is 22.9 Å². The molecular weight excluding hydrogens is 313 g/mol. The minimum absolute atomic E-state index is 0.237. The highest BCUT2D eigenvalue weighted by atomic mass is 79.9. The van der Waals surface area contributed by atoms with E-state index in [1.807, 2.05) is 18.2 Å². The molecule has 1 nitrogen and oxygen atoms in total. The normalized spacial score (nSPS) is 10.3. The van der Waals surface area contributed by atoms with Crippen LogP contribution < -0.4 is 5.32 Å². The fraction of sp³-hybridized carbons (Fsp3) is 0.143. The zero-order valence-corrected chi connectivity index (χ0v) is 12.1. The van der Waals surface area contributed by atoms with Gasteiger partial charge in [-0.1, -0.05) is 18.2 Å². The summed E-state index contributed by atoms with van der Waals surface area (Å²) in [4.78, 5) is 1.26. The Morgan fingerprint density at radius 1 is 1.11 bits per heavy atom. The summed E-state index contributed by atoms with van der Waals surface area (Å²) < 4.78 is 13.5. The second-order valence-corrected chi connectivity index (χ2v) is 5.74. The molecule has 0 bridgehead atoms. The largest absolute Gasteiger partial charge is 0.384 e. The topological polar surface area (TPSA) is 12.0 Å². The van der Waals surface area contributed by atoms with Crippen molar-refractivity contribution in [3.63, 3.8) is 0 Å². The first-order valence-corrected chi connectivity index (χ1v) is 7.40. The van der Waals surface area contributed by atoms with Gasteiger partial charge in [0.05, 0.1) is 4.47 Å². The number of halogens is 2. The summed E-state index contributed by atoms with van der Waals surface area (Å²) in [7, 11) is 0. The number of thioether (sulfide) groups is 1. The number of benzene rings is 2. The van der Waals surface area contributed by atoms with E-state index in [1.165, 1.54) is 11.0 Å². The molecule has 2 rings (SSSR count). The van der Waals surface area contributed by atoms with Crippen molar-refractivity contribution in [2.45, 2.75) is 4.90 Å². The van der Waals surface area contributed by atoms with Gasteiger partial charge in [0.15, 0.2) is 0 Å². The molecule has 0 fully saturated rings. The minimum Gasteiger partial charge on any atom is -0.384 e. The molecule has 0 aliphatic carbocycles. The molecule has 0 radical (unpaired) electrons. The third-order valence-electron chi connectivity index (χ3n) is 2.36. The molecule has 18 heavy (non-hydrogen) atoms. The molecule has 0 aliphatic heterocycles. The van der Waals surface area contributed by atoms with E-state index in [-0.39, 0.29) is 5.82 Å². The SMILES string of the molecule is Fc1ccc(NCCSc2ccccc2)cc1Br. The second kappa shape index (κ2) is 6.81. The summed E-state index contributed by atoms with van der Waals surface area (Å²) in [5, 5.41) is 3.27. The summed E-state index contributed by atoms with van der Waals surface area (Å²) in [5.41, 5.74) is 0.928. The molecule has 0 unspecified atom stereocenters. The predicted octanol–water partition coefficient (Wildman–Crippen LogP) is 4.79. The Hall–Kier alpha value is -1.00. The van der Waals surface area contributed by atoms with E-state index in [1.54, 1.807) is 23.9 Å².